The summed E-state index contributed by atoms with van der Waals surface area (Å²) >= 11 is 0. The van der Waals surface area contributed by atoms with Gasteiger partial charge in [0.2, 0.25) is 0 Å². The molecule has 1 atom stereocenters. The third-order valence-corrected chi connectivity index (χ3v) is 8.29. The lowest BCUT2D eigenvalue weighted by atomic mass is 9.90. The van der Waals surface area contributed by atoms with Crippen molar-refractivity contribution in [1.82, 2.24) is 19.7 Å². The van der Waals surface area contributed by atoms with Crippen molar-refractivity contribution < 1.29 is 13.2 Å². The maximum atomic E-state index is 13.4. The molecule has 1 aliphatic heterocycles. The molecule has 0 spiro atoms. The number of nitrogens with zero attached hydrogens (tertiary/aromatic N) is 4. The first kappa shape index (κ1) is 27.3. The Morgan fingerprint density at radius 2 is 1.92 bits per heavy atom. The normalized spacial score (nSPS) is 17.0. The van der Waals surface area contributed by atoms with Crippen molar-refractivity contribution in [2.24, 2.45) is 11.8 Å². The van der Waals surface area contributed by atoms with E-state index in [4.69, 9.17) is 10.7 Å². The molecule has 4 N–H and O–H groups in total. The predicted octanol–water partition coefficient (Wildman–Crippen LogP) is 3.93. The number of nitrogens with one attached hydrogen (secondary N) is 2. The van der Waals surface area contributed by atoms with E-state index in [-0.39, 0.29) is 21.9 Å². The van der Waals surface area contributed by atoms with E-state index in [2.05, 4.69) is 59.5 Å². The van der Waals surface area contributed by atoms with E-state index in [1.165, 1.54) is 18.2 Å². The summed E-state index contributed by atoms with van der Waals surface area (Å²) in [6.07, 6.45) is 2.66. The molecule has 4 heterocycles. The number of hydrogen-bond acceptors (Lipinski definition) is 9. The summed E-state index contributed by atoms with van der Waals surface area (Å²) in [5, 5.41) is 2.97. The van der Waals surface area contributed by atoms with Crippen LogP contribution in [0.2, 0.25) is 0 Å². The average Bonchev–Trinajstić information content (AvgIpc) is 3.14. The SMILES string of the molecule is CC(C)CNc1ccc(-c2ccc(C(=O)NS(=O)(=O)c3cccc(N)n3)c(N3CCC(C)C3(C)C)n2)cn1. The Bertz CT molecular complexity index is 1420. The molecule has 1 fully saturated rings. The molecule has 202 valence electrons. The Balaban J connectivity index is 1.70. The van der Waals surface area contributed by atoms with Crippen LogP contribution in [0.5, 0.6) is 0 Å². The molecule has 0 aliphatic carbocycles. The van der Waals surface area contributed by atoms with Gasteiger partial charge in [-0.15, -0.1) is 0 Å². The molecule has 1 amide bonds. The molecule has 1 saturated heterocycles. The van der Waals surface area contributed by atoms with Crippen LogP contribution in [0.15, 0.2) is 53.7 Å². The fourth-order valence-corrected chi connectivity index (χ4v) is 5.31. The Hall–Kier alpha value is -3.73. The van der Waals surface area contributed by atoms with Crippen LogP contribution in [0.25, 0.3) is 11.3 Å². The first-order valence-corrected chi connectivity index (χ1v) is 14.2. The summed E-state index contributed by atoms with van der Waals surface area (Å²) in [5.41, 5.74) is 6.93. The van der Waals surface area contributed by atoms with E-state index in [0.29, 0.717) is 29.9 Å². The lowest BCUT2D eigenvalue weighted by molar-refractivity contribution is 0.0981. The van der Waals surface area contributed by atoms with Crippen LogP contribution in [0.3, 0.4) is 0 Å². The molecule has 4 rings (SSSR count). The van der Waals surface area contributed by atoms with Crippen molar-refractivity contribution in [1.29, 1.82) is 0 Å². The maximum absolute atomic E-state index is 13.4. The van der Waals surface area contributed by atoms with Gasteiger partial charge < -0.3 is 16.0 Å². The number of nitrogen functional groups attached to an aromatic ring is 1. The predicted molar refractivity (Wildman–Crippen MR) is 149 cm³/mol. The fraction of sp³-hybridized carbons (Fsp3) is 0.407. The molecular formula is C27H35N7O3S. The van der Waals surface area contributed by atoms with Gasteiger partial charge in [-0.25, -0.2) is 19.7 Å². The number of sulfonamides is 1. The fourth-order valence-electron chi connectivity index (χ4n) is 4.37. The minimum Gasteiger partial charge on any atom is -0.384 e. The van der Waals surface area contributed by atoms with Crippen molar-refractivity contribution in [3.05, 3.63) is 54.2 Å². The van der Waals surface area contributed by atoms with Crippen LogP contribution < -0.4 is 20.7 Å². The molecule has 0 bridgehead atoms. The van der Waals surface area contributed by atoms with E-state index in [0.717, 1.165) is 24.3 Å². The Morgan fingerprint density at radius 3 is 2.53 bits per heavy atom. The topological polar surface area (TPSA) is 143 Å². The average molecular weight is 538 g/mol. The number of nitrogens with two attached hydrogens (primary N) is 1. The second-order valence-electron chi connectivity index (χ2n) is 10.6. The van der Waals surface area contributed by atoms with Crippen molar-refractivity contribution in [3.8, 4) is 11.3 Å². The quantitative estimate of drug-likeness (QED) is 0.389. The molecule has 3 aromatic heterocycles. The first-order chi connectivity index (χ1) is 17.9. The summed E-state index contributed by atoms with van der Waals surface area (Å²) in [6, 6.07) is 11.4. The molecular weight excluding hydrogens is 502 g/mol. The van der Waals surface area contributed by atoms with Gasteiger partial charge in [-0.1, -0.05) is 26.8 Å². The number of carbonyl (C=O) groups excluding carboxylic acids is 1. The van der Waals surface area contributed by atoms with E-state index in [1.54, 1.807) is 18.3 Å². The van der Waals surface area contributed by atoms with Crippen LogP contribution in [-0.2, 0) is 10.0 Å². The lowest BCUT2D eigenvalue weighted by Gasteiger charge is -2.36. The monoisotopic (exact) mass is 537 g/mol. The minimum atomic E-state index is -4.24. The Labute approximate surface area is 224 Å². The van der Waals surface area contributed by atoms with Crippen molar-refractivity contribution >= 4 is 33.4 Å². The van der Waals surface area contributed by atoms with Crippen LogP contribution in [0.1, 0.15) is 51.4 Å². The number of anilines is 3. The van der Waals surface area contributed by atoms with Gasteiger partial charge in [-0.05, 0) is 68.5 Å². The third kappa shape index (κ3) is 5.72. The summed E-state index contributed by atoms with van der Waals surface area (Å²) in [7, 11) is -4.24. The standard InChI is InChI=1S/C27H35N7O3S/c1-17(2)15-29-23-12-9-19(16-30-23)21-11-10-20(25(31-21)34-14-13-18(3)27(34,4)5)26(35)33-38(36,37)24-8-6-7-22(28)32-24/h6-12,16-18H,13-15H2,1-5H3,(H2,28,32)(H,29,30)(H,33,35). The molecule has 1 unspecified atom stereocenters. The maximum Gasteiger partial charge on any atom is 0.281 e. The van der Waals surface area contributed by atoms with E-state index >= 15 is 0 Å². The van der Waals surface area contributed by atoms with Crippen LogP contribution in [-0.4, -0.2) is 47.9 Å². The van der Waals surface area contributed by atoms with E-state index in [9.17, 15) is 13.2 Å². The molecule has 0 saturated carbocycles. The molecule has 38 heavy (non-hydrogen) atoms. The van der Waals surface area contributed by atoms with Gasteiger partial charge in [0.25, 0.3) is 15.9 Å². The smallest absolute Gasteiger partial charge is 0.281 e. The van der Waals surface area contributed by atoms with Crippen LogP contribution in [0, 0.1) is 11.8 Å². The Kier molecular flexibility index (Phi) is 7.59. The molecule has 11 heteroatoms. The largest absolute Gasteiger partial charge is 0.384 e. The molecule has 1 aliphatic rings. The van der Waals surface area contributed by atoms with E-state index < -0.39 is 15.9 Å². The van der Waals surface area contributed by atoms with Crippen molar-refractivity contribution in [2.45, 2.75) is 51.6 Å². The van der Waals surface area contributed by atoms with Gasteiger partial charge in [-0.3, -0.25) is 4.79 Å². The van der Waals surface area contributed by atoms with Gasteiger partial charge in [0, 0.05) is 30.4 Å². The molecule has 0 aromatic carbocycles. The highest BCUT2D eigenvalue weighted by molar-refractivity contribution is 7.90. The zero-order chi connectivity index (χ0) is 27.7. The van der Waals surface area contributed by atoms with Crippen LogP contribution >= 0.6 is 0 Å². The highest BCUT2D eigenvalue weighted by Crippen LogP contribution is 2.39. The second kappa shape index (κ2) is 10.6. The summed E-state index contributed by atoms with van der Waals surface area (Å²) in [6.45, 7) is 12.1. The second-order valence-corrected chi connectivity index (χ2v) is 12.2. The number of rotatable bonds is 8. The summed E-state index contributed by atoms with van der Waals surface area (Å²) in [5.74, 6) is 1.28. The summed E-state index contributed by atoms with van der Waals surface area (Å²) in [4.78, 5) is 28.7. The summed E-state index contributed by atoms with van der Waals surface area (Å²) < 4.78 is 27.9. The van der Waals surface area contributed by atoms with Crippen LogP contribution in [0.4, 0.5) is 17.5 Å². The minimum absolute atomic E-state index is 0.0406. The third-order valence-electron chi connectivity index (χ3n) is 7.06. The van der Waals surface area contributed by atoms with Gasteiger partial charge in [0.15, 0.2) is 5.03 Å². The first-order valence-electron chi connectivity index (χ1n) is 12.7. The zero-order valence-electron chi connectivity index (χ0n) is 22.4. The number of pyridine rings is 3. The van der Waals surface area contributed by atoms with Gasteiger partial charge in [0.05, 0.1) is 11.3 Å². The molecule has 10 nitrogen and oxygen atoms in total. The van der Waals surface area contributed by atoms with E-state index in [1.807, 2.05) is 12.1 Å². The van der Waals surface area contributed by atoms with Gasteiger partial charge in [-0.2, -0.15) is 8.42 Å². The van der Waals surface area contributed by atoms with Gasteiger partial charge >= 0.3 is 0 Å². The molecule has 3 aromatic rings. The number of aromatic nitrogens is 3. The lowest BCUT2D eigenvalue weighted by Crippen LogP contribution is -2.43. The number of amides is 1. The molecule has 0 radical (unpaired) electrons. The number of hydrogen-bond donors (Lipinski definition) is 3. The number of carbonyl (C=O) groups is 1. The van der Waals surface area contributed by atoms with Crippen molar-refractivity contribution in [2.75, 3.05) is 29.0 Å². The van der Waals surface area contributed by atoms with Crippen molar-refractivity contribution in [3.63, 3.8) is 0 Å². The highest BCUT2D eigenvalue weighted by atomic mass is 32.2. The highest BCUT2D eigenvalue weighted by Gasteiger charge is 2.41. The Morgan fingerprint density at radius 1 is 1.16 bits per heavy atom. The van der Waals surface area contributed by atoms with Gasteiger partial charge in [0.1, 0.15) is 17.5 Å². The zero-order valence-corrected chi connectivity index (χ0v) is 23.2.